The molecule has 25 heavy (non-hydrogen) atoms. The van der Waals surface area contributed by atoms with E-state index in [9.17, 15) is 14.7 Å². The third kappa shape index (κ3) is 3.56. The quantitative estimate of drug-likeness (QED) is 0.816. The highest BCUT2D eigenvalue weighted by atomic mass is 16.5. The van der Waals surface area contributed by atoms with E-state index in [0.29, 0.717) is 17.9 Å². The van der Waals surface area contributed by atoms with Crippen molar-refractivity contribution in [2.24, 2.45) is 0 Å². The predicted molar refractivity (Wildman–Crippen MR) is 94.0 cm³/mol. The third-order valence-corrected chi connectivity index (χ3v) is 4.95. The number of hydrogen-bond donors (Lipinski definition) is 2. The number of aliphatic hydroxyl groups excluding tert-OH is 1. The molecule has 1 aromatic carbocycles. The summed E-state index contributed by atoms with van der Waals surface area (Å²) in [4.78, 5) is 28.0. The number of rotatable bonds is 5. The Morgan fingerprint density at radius 3 is 2.72 bits per heavy atom. The van der Waals surface area contributed by atoms with Crippen LogP contribution in [-0.2, 0) is 4.79 Å². The lowest BCUT2D eigenvalue weighted by atomic mass is 10.1. The summed E-state index contributed by atoms with van der Waals surface area (Å²) in [5, 5.41) is 12.3. The van der Waals surface area contributed by atoms with Crippen molar-refractivity contribution in [2.45, 2.75) is 30.8 Å². The number of fused-ring (bicyclic) bond motifs is 1. The van der Waals surface area contributed by atoms with E-state index in [4.69, 9.17) is 4.74 Å². The molecule has 1 atom stereocenters. The van der Waals surface area contributed by atoms with E-state index < -0.39 is 5.54 Å². The number of amides is 2. The van der Waals surface area contributed by atoms with Crippen LogP contribution in [0.5, 0.6) is 5.75 Å². The van der Waals surface area contributed by atoms with Crippen molar-refractivity contribution in [1.29, 1.82) is 0 Å². The molecule has 0 radical (unpaired) electrons. The van der Waals surface area contributed by atoms with E-state index >= 15 is 0 Å². The number of anilines is 1. The molecular weight excluding hydrogens is 322 g/mol. The highest BCUT2D eigenvalue weighted by molar-refractivity contribution is 5.95. The Labute approximate surface area is 147 Å². The zero-order valence-corrected chi connectivity index (χ0v) is 14.9. The Kier molecular flexibility index (Phi) is 4.60. The van der Waals surface area contributed by atoms with E-state index in [-0.39, 0.29) is 30.9 Å². The van der Waals surface area contributed by atoms with Crippen LogP contribution in [0.25, 0.3) is 0 Å². The normalized spacial score (nSPS) is 20.3. The van der Waals surface area contributed by atoms with Gasteiger partial charge in [0.1, 0.15) is 12.4 Å². The summed E-state index contributed by atoms with van der Waals surface area (Å²) < 4.78 is 5.78. The molecular formula is C18H25N3O4. The summed E-state index contributed by atoms with van der Waals surface area (Å²) in [6.45, 7) is 0.388. The van der Waals surface area contributed by atoms with Crippen LogP contribution in [0.4, 0.5) is 5.69 Å². The molecule has 0 saturated heterocycles. The number of ether oxygens (including phenoxy) is 1. The molecule has 1 aliphatic heterocycles. The average molecular weight is 347 g/mol. The second kappa shape index (κ2) is 6.55. The standard InChI is InChI=1S/C18H25N3O4/c1-20(2)17(24)12-4-5-15-14(8-12)21(3)13(10-25-15)9-16(23)19-18(11-22)6-7-18/h4-5,8,13,22H,6-7,9-11H2,1-3H3,(H,19,23). The van der Waals surface area contributed by atoms with Gasteiger partial charge in [-0.2, -0.15) is 0 Å². The minimum atomic E-state index is -0.408. The summed E-state index contributed by atoms with van der Waals surface area (Å²) in [6, 6.07) is 5.23. The summed E-state index contributed by atoms with van der Waals surface area (Å²) in [5.74, 6) is 0.550. The average Bonchev–Trinajstić information content (AvgIpc) is 3.36. The van der Waals surface area contributed by atoms with Gasteiger partial charge in [0.25, 0.3) is 5.91 Å². The zero-order valence-electron chi connectivity index (χ0n) is 14.9. The van der Waals surface area contributed by atoms with Crippen molar-refractivity contribution in [3.8, 4) is 5.75 Å². The lowest BCUT2D eigenvalue weighted by Gasteiger charge is -2.36. The molecule has 0 aromatic heterocycles. The van der Waals surface area contributed by atoms with E-state index in [2.05, 4.69) is 5.32 Å². The fourth-order valence-electron chi connectivity index (χ4n) is 3.03. The van der Waals surface area contributed by atoms with Gasteiger partial charge in [0.2, 0.25) is 5.91 Å². The minimum absolute atomic E-state index is 0.0193. The lowest BCUT2D eigenvalue weighted by Crippen LogP contribution is -2.47. The number of aliphatic hydroxyl groups is 1. The first-order chi connectivity index (χ1) is 11.8. The van der Waals surface area contributed by atoms with Gasteiger partial charge in [-0.1, -0.05) is 0 Å². The molecule has 2 N–H and O–H groups in total. The third-order valence-electron chi connectivity index (χ3n) is 4.95. The van der Waals surface area contributed by atoms with Crippen molar-refractivity contribution < 1.29 is 19.4 Å². The van der Waals surface area contributed by atoms with Crippen LogP contribution < -0.4 is 15.0 Å². The molecule has 1 heterocycles. The summed E-state index contributed by atoms with van der Waals surface area (Å²) >= 11 is 0. The van der Waals surface area contributed by atoms with Crippen molar-refractivity contribution in [2.75, 3.05) is 39.3 Å². The molecule has 1 saturated carbocycles. The van der Waals surface area contributed by atoms with Crippen LogP contribution in [0.15, 0.2) is 18.2 Å². The summed E-state index contributed by atoms with van der Waals surface area (Å²) in [6.07, 6.45) is 1.93. The Balaban J connectivity index is 1.71. The second-order valence-corrected chi connectivity index (χ2v) is 7.15. The minimum Gasteiger partial charge on any atom is -0.489 e. The molecule has 7 nitrogen and oxygen atoms in total. The fourth-order valence-corrected chi connectivity index (χ4v) is 3.03. The van der Waals surface area contributed by atoms with Crippen LogP contribution in [0.1, 0.15) is 29.6 Å². The lowest BCUT2D eigenvalue weighted by molar-refractivity contribution is -0.123. The maximum absolute atomic E-state index is 12.3. The van der Waals surface area contributed by atoms with Gasteiger partial charge >= 0.3 is 0 Å². The molecule has 7 heteroatoms. The smallest absolute Gasteiger partial charge is 0.253 e. The molecule has 2 aliphatic rings. The molecule has 1 unspecified atom stereocenters. The fraction of sp³-hybridized carbons (Fsp3) is 0.556. The van der Waals surface area contributed by atoms with Gasteiger partial charge in [-0.3, -0.25) is 9.59 Å². The van der Waals surface area contributed by atoms with Crippen LogP contribution in [-0.4, -0.2) is 67.8 Å². The Bertz CT molecular complexity index is 685. The van der Waals surface area contributed by atoms with Gasteiger partial charge < -0.3 is 25.0 Å². The monoisotopic (exact) mass is 347 g/mol. The highest BCUT2D eigenvalue weighted by Crippen LogP contribution is 2.36. The number of hydrogen-bond acceptors (Lipinski definition) is 5. The second-order valence-electron chi connectivity index (χ2n) is 7.15. The highest BCUT2D eigenvalue weighted by Gasteiger charge is 2.43. The Morgan fingerprint density at radius 2 is 2.12 bits per heavy atom. The van der Waals surface area contributed by atoms with Crippen LogP contribution in [0.3, 0.4) is 0 Å². The van der Waals surface area contributed by atoms with Gasteiger partial charge in [-0.05, 0) is 31.0 Å². The number of carbonyl (C=O) groups excluding carboxylic acids is 2. The maximum Gasteiger partial charge on any atom is 0.253 e. The van der Waals surface area contributed by atoms with Crippen LogP contribution in [0, 0.1) is 0 Å². The van der Waals surface area contributed by atoms with E-state index in [1.54, 1.807) is 32.3 Å². The van der Waals surface area contributed by atoms with Gasteiger partial charge in [-0.15, -0.1) is 0 Å². The topological polar surface area (TPSA) is 82.1 Å². The Hall–Kier alpha value is -2.28. The number of nitrogens with one attached hydrogen (secondary N) is 1. The predicted octanol–water partition coefficient (Wildman–Crippen LogP) is 0.617. The largest absolute Gasteiger partial charge is 0.489 e. The van der Waals surface area contributed by atoms with E-state index in [1.807, 2.05) is 11.9 Å². The number of likely N-dealkylation sites (N-methyl/N-ethyl adjacent to an activating group) is 1. The van der Waals surface area contributed by atoms with E-state index in [0.717, 1.165) is 18.5 Å². The van der Waals surface area contributed by atoms with Crippen molar-refractivity contribution >= 4 is 17.5 Å². The molecule has 136 valence electrons. The van der Waals surface area contributed by atoms with E-state index in [1.165, 1.54) is 4.90 Å². The zero-order chi connectivity index (χ0) is 18.2. The Morgan fingerprint density at radius 1 is 1.40 bits per heavy atom. The number of nitrogens with zero attached hydrogens (tertiary/aromatic N) is 2. The van der Waals surface area contributed by atoms with Crippen molar-refractivity contribution in [1.82, 2.24) is 10.2 Å². The molecule has 0 bridgehead atoms. The van der Waals surface area contributed by atoms with Crippen molar-refractivity contribution in [3.05, 3.63) is 23.8 Å². The molecule has 1 fully saturated rings. The van der Waals surface area contributed by atoms with Crippen LogP contribution in [0.2, 0.25) is 0 Å². The molecule has 0 spiro atoms. The summed E-state index contributed by atoms with van der Waals surface area (Å²) in [7, 11) is 5.33. The number of carbonyl (C=O) groups is 2. The van der Waals surface area contributed by atoms with Crippen molar-refractivity contribution in [3.63, 3.8) is 0 Å². The molecule has 3 rings (SSSR count). The molecule has 1 aliphatic carbocycles. The first-order valence-corrected chi connectivity index (χ1v) is 8.48. The van der Waals surface area contributed by atoms with Crippen LogP contribution >= 0.6 is 0 Å². The SMILES string of the molecule is CN(C)C(=O)c1ccc2c(c1)N(C)C(CC(=O)NC1(CO)CC1)CO2. The molecule has 2 amide bonds. The molecule has 1 aromatic rings. The van der Waals surface area contributed by atoms with Gasteiger partial charge in [0, 0.05) is 26.7 Å². The first-order valence-electron chi connectivity index (χ1n) is 8.48. The first kappa shape index (κ1) is 17.5. The van der Waals surface area contributed by atoms with Gasteiger partial charge in [0.05, 0.1) is 30.3 Å². The maximum atomic E-state index is 12.3. The van der Waals surface area contributed by atoms with Gasteiger partial charge in [-0.25, -0.2) is 0 Å². The summed E-state index contributed by atoms with van der Waals surface area (Å²) in [5.41, 5.74) is 0.982. The number of benzene rings is 1. The van der Waals surface area contributed by atoms with Gasteiger partial charge in [0.15, 0.2) is 0 Å².